The van der Waals surface area contributed by atoms with Gasteiger partial charge in [0, 0.05) is 17.0 Å². The van der Waals surface area contributed by atoms with E-state index in [0.29, 0.717) is 12.2 Å². The summed E-state index contributed by atoms with van der Waals surface area (Å²) in [5, 5.41) is 5.02. The Morgan fingerprint density at radius 3 is 2.87 bits per heavy atom. The minimum atomic E-state index is -0.0726. The summed E-state index contributed by atoms with van der Waals surface area (Å²) in [4.78, 5) is 13.4. The summed E-state index contributed by atoms with van der Waals surface area (Å²) in [7, 11) is 0. The van der Waals surface area contributed by atoms with Crippen LogP contribution >= 0.6 is 11.3 Å². The van der Waals surface area contributed by atoms with Gasteiger partial charge < -0.3 is 14.8 Å². The van der Waals surface area contributed by atoms with Crippen molar-refractivity contribution in [3.8, 4) is 5.75 Å². The van der Waals surface area contributed by atoms with E-state index in [1.54, 1.807) is 23.5 Å². The topological polar surface area (TPSA) is 47.6 Å². The summed E-state index contributed by atoms with van der Waals surface area (Å²) < 4.78 is 11.2. The first-order valence-corrected chi connectivity index (χ1v) is 8.79. The molecule has 23 heavy (non-hydrogen) atoms. The van der Waals surface area contributed by atoms with Crippen LogP contribution in [0.1, 0.15) is 41.0 Å². The third-order valence-electron chi connectivity index (χ3n) is 3.89. The highest BCUT2D eigenvalue weighted by Crippen LogP contribution is 2.20. The number of carbonyl (C=O) groups is 1. The van der Waals surface area contributed by atoms with E-state index in [2.05, 4.69) is 5.32 Å². The van der Waals surface area contributed by atoms with E-state index in [1.165, 1.54) is 0 Å². The van der Waals surface area contributed by atoms with Crippen LogP contribution in [-0.4, -0.2) is 25.2 Å². The summed E-state index contributed by atoms with van der Waals surface area (Å²) in [6.07, 6.45) is 2.36. The van der Waals surface area contributed by atoms with Gasteiger partial charge in [-0.25, -0.2) is 0 Å². The predicted molar refractivity (Wildman–Crippen MR) is 91.1 cm³/mol. The number of thiophene rings is 1. The molecule has 4 nitrogen and oxygen atoms in total. The van der Waals surface area contributed by atoms with E-state index in [1.807, 2.05) is 36.6 Å². The minimum absolute atomic E-state index is 0.0120. The molecule has 5 heteroatoms. The third-order valence-corrected chi connectivity index (χ3v) is 4.95. The monoisotopic (exact) mass is 331 g/mol. The van der Waals surface area contributed by atoms with Crippen LogP contribution in [0.25, 0.3) is 0 Å². The van der Waals surface area contributed by atoms with Crippen molar-refractivity contribution in [3.63, 3.8) is 0 Å². The zero-order chi connectivity index (χ0) is 16.1. The molecule has 2 heterocycles. The third kappa shape index (κ3) is 4.33. The number of hydrogen-bond donors (Lipinski definition) is 1. The highest BCUT2D eigenvalue weighted by molar-refractivity contribution is 7.10. The van der Waals surface area contributed by atoms with Gasteiger partial charge in [-0.3, -0.25) is 4.79 Å². The molecule has 1 amide bonds. The number of nitrogens with one attached hydrogen (secondary N) is 1. The second kappa shape index (κ2) is 7.62. The van der Waals surface area contributed by atoms with E-state index in [4.69, 9.17) is 9.47 Å². The Bertz CT molecular complexity index is 618. The van der Waals surface area contributed by atoms with Crippen molar-refractivity contribution in [1.82, 2.24) is 5.32 Å². The van der Waals surface area contributed by atoms with Gasteiger partial charge in [-0.2, -0.15) is 0 Å². The van der Waals surface area contributed by atoms with Crippen LogP contribution < -0.4 is 10.1 Å². The first-order valence-electron chi connectivity index (χ1n) is 7.91. The van der Waals surface area contributed by atoms with E-state index in [-0.39, 0.29) is 18.1 Å². The number of hydrogen-bond acceptors (Lipinski definition) is 4. The normalized spacial score (nSPS) is 18.6. The molecule has 1 N–H and O–H groups in total. The van der Waals surface area contributed by atoms with E-state index < -0.39 is 0 Å². The first-order chi connectivity index (χ1) is 11.2. The lowest BCUT2D eigenvalue weighted by atomic mass is 10.2. The number of rotatable bonds is 6. The molecule has 1 aromatic carbocycles. The van der Waals surface area contributed by atoms with Crippen molar-refractivity contribution in [3.05, 3.63) is 52.2 Å². The van der Waals surface area contributed by atoms with Crippen LogP contribution in [-0.2, 0) is 4.74 Å². The number of carbonyl (C=O) groups excluding carboxylic acids is 1. The Balaban J connectivity index is 1.52. The largest absolute Gasteiger partial charge is 0.491 e. The molecule has 2 atom stereocenters. The van der Waals surface area contributed by atoms with E-state index in [0.717, 1.165) is 30.1 Å². The maximum atomic E-state index is 12.3. The Kier molecular flexibility index (Phi) is 5.31. The number of ether oxygens (including phenoxy) is 2. The highest BCUT2D eigenvalue weighted by Gasteiger charge is 2.16. The minimum Gasteiger partial charge on any atom is -0.491 e. The lowest BCUT2D eigenvalue weighted by molar-refractivity contribution is 0.0679. The average Bonchev–Trinajstić information content (AvgIpc) is 3.26. The number of amides is 1. The van der Waals surface area contributed by atoms with Gasteiger partial charge in [-0.15, -0.1) is 11.3 Å². The zero-order valence-electron chi connectivity index (χ0n) is 13.2. The van der Waals surface area contributed by atoms with Gasteiger partial charge in [0.25, 0.3) is 5.91 Å². The van der Waals surface area contributed by atoms with Crippen LogP contribution in [0.15, 0.2) is 41.8 Å². The van der Waals surface area contributed by atoms with Gasteiger partial charge in [0.05, 0.1) is 12.1 Å². The molecule has 1 fully saturated rings. The molecule has 1 aliphatic rings. The molecule has 0 radical (unpaired) electrons. The molecule has 3 rings (SSSR count). The summed E-state index contributed by atoms with van der Waals surface area (Å²) in [6, 6.07) is 11.3. The summed E-state index contributed by atoms with van der Waals surface area (Å²) >= 11 is 1.64. The van der Waals surface area contributed by atoms with Crippen molar-refractivity contribution in [1.29, 1.82) is 0 Å². The van der Waals surface area contributed by atoms with Crippen molar-refractivity contribution < 1.29 is 14.3 Å². The van der Waals surface area contributed by atoms with Crippen molar-refractivity contribution in [2.24, 2.45) is 0 Å². The first kappa shape index (κ1) is 16.0. The van der Waals surface area contributed by atoms with Crippen molar-refractivity contribution in [2.45, 2.75) is 31.9 Å². The van der Waals surface area contributed by atoms with Crippen molar-refractivity contribution in [2.75, 3.05) is 13.2 Å². The summed E-state index contributed by atoms with van der Waals surface area (Å²) in [5.74, 6) is 0.694. The quantitative estimate of drug-likeness (QED) is 0.876. The molecule has 0 bridgehead atoms. The molecule has 2 unspecified atom stereocenters. The number of benzene rings is 1. The molecule has 0 spiro atoms. The van der Waals surface area contributed by atoms with Crippen LogP contribution in [0.5, 0.6) is 5.75 Å². The van der Waals surface area contributed by atoms with E-state index in [9.17, 15) is 4.79 Å². The van der Waals surface area contributed by atoms with E-state index >= 15 is 0 Å². The summed E-state index contributed by atoms with van der Waals surface area (Å²) in [6.45, 7) is 3.39. The Hall–Kier alpha value is -1.85. The zero-order valence-corrected chi connectivity index (χ0v) is 14.0. The van der Waals surface area contributed by atoms with Crippen LogP contribution in [0, 0.1) is 0 Å². The molecule has 0 saturated carbocycles. The molecule has 1 aromatic heterocycles. The van der Waals surface area contributed by atoms with Crippen LogP contribution in [0.2, 0.25) is 0 Å². The van der Waals surface area contributed by atoms with Gasteiger partial charge in [-0.1, -0.05) is 6.07 Å². The smallest absolute Gasteiger partial charge is 0.251 e. The Morgan fingerprint density at radius 1 is 1.39 bits per heavy atom. The molecule has 1 aliphatic heterocycles. The fourth-order valence-corrected chi connectivity index (χ4v) is 3.29. The van der Waals surface area contributed by atoms with Gasteiger partial charge in [0.1, 0.15) is 12.4 Å². The fraction of sp³-hybridized carbons (Fsp3) is 0.389. The lowest BCUT2D eigenvalue weighted by Gasteiger charge is -2.13. The molecular formula is C18H21NO3S. The van der Waals surface area contributed by atoms with Gasteiger partial charge in [0.2, 0.25) is 0 Å². The molecular weight excluding hydrogens is 310 g/mol. The van der Waals surface area contributed by atoms with Gasteiger partial charge in [-0.05, 0) is 55.5 Å². The lowest BCUT2D eigenvalue weighted by Crippen LogP contribution is -2.26. The Labute approximate surface area is 140 Å². The molecule has 1 saturated heterocycles. The Morgan fingerprint density at radius 2 is 2.22 bits per heavy atom. The fourth-order valence-electron chi connectivity index (χ4n) is 2.56. The SMILES string of the molecule is CC(NC(=O)c1ccc(OCC2CCCO2)cc1)c1cccs1. The average molecular weight is 331 g/mol. The van der Waals surface area contributed by atoms with Crippen LogP contribution in [0.4, 0.5) is 0 Å². The molecule has 122 valence electrons. The second-order valence-electron chi connectivity index (χ2n) is 5.68. The molecule has 0 aliphatic carbocycles. The van der Waals surface area contributed by atoms with Crippen LogP contribution in [0.3, 0.4) is 0 Å². The molecule has 2 aromatic rings. The predicted octanol–water partition coefficient (Wildman–Crippen LogP) is 3.80. The second-order valence-corrected chi connectivity index (χ2v) is 6.66. The maximum absolute atomic E-state index is 12.3. The standard InChI is InChI=1S/C18H21NO3S/c1-13(17-5-3-11-23-17)19-18(20)14-6-8-15(9-7-14)22-12-16-4-2-10-21-16/h3,5-9,11,13,16H,2,4,10,12H2,1H3,(H,19,20). The van der Waals surface area contributed by atoms with Crippen molar-refractivity contribution >= 4 is 17.2 Å². The highest BCUT2D eigenvalue weighted by atomic mass is 32.1. The van der Waals surface area contributed by atoms with Gasteiger partial charge >= 0.3 is 0 Å². The summed E-state index contributed by atoms with van der Waals surface area (Å²) in [5.41, 5.74) is 0.637. The van der Waals surface area contributed by atoms with Gasteiger partial charge in [0.15, 0.2) is 0 Å². The maximum Gasteiger partial charge on any atom is 0.251 e.